The number of rotatable bonds is 3. The maximum Gasteiger partial charge on any atom is 0.165 e. The van der Waals surface area contributed by atoms with Crippen LogP contribution in [0.4, 0.5) is 4.39 Å². The minimum Gasteiger partial charge on any atom is -0.454 e. The zero-order valence-electron chi connectivity index (χ0n) is 10.0. The molecule has 1 aromatic heterocycles. The average molecular weight is 254 g/mol. The Balaban J connectivity index is 1.82. The Morgan fingerprint density at radius 2 is 1.63 bits per heavy atom. The maximum atomic E-state index is 12.8. The second kappa shape index (κ2) is 4.94. The third-order valence-corrected chi connectivity index (χ3v) is 2.63. The van der Waals surface area contributed by atoms with Crippen LogP contribution >= 0.6 is 0 Å². The highest BCUT2D eigenvalue weighted by molar-refractivity contribution is 5.34. The molecular weight excluding hydrogens is 243 g/mol. The summed E-state index contributed by atoms with van der Waals surface area (Å²) in [5.41, 5.74) is 0.782. The lowest BCUT2D eigenvalue weighted by atomic mass is 10.3. The first-order valence-corrected chi connectivity index (χ1v) is 5.85. The fraction of sp³-hybridized carbons (Fsp3) is 0. The van der Waals surface area contributed by atoms with Crippen molar-refractivity contribution in [1.29, 1.82) is 0 Å². The molecule has 0 aliphatic rings. The van der Waals surface area contributed by atoms with Crippen LogP contribution in [-0.2, 0) is 0 Å². The molecular formula is C15H11FN2O. The Bertz CT molecular complexity index is 662. The SMILES string of the molecule is Fc1ccc(-n2cc(Oc3ccccc3)cn2)cc1. The zero-order valence-corrected chi connectivity index (χ0v) is 10.0. The molecule has 94 valence electrons. The predicted molar refractivity (Wildman–Crippen MR) is 70.0 cm³/mol. The highest BCUT2D eigenvalue weighted by atomic mass is 19.1. The normalized spacial score (nSPS) is 10.4. The standard InChI is InChI=1S/C15H11FN2O/c16-12-6-8-13(9-7-12)18-11-15(10-17-18)19-14-4-2-1-3-5-14/h1-11H. The van der Waals surface area contributed by atoms with E-state index in [1.807, 2.05) is 30.3 Å². The molecule has 0 atom stereocenters. The van der Waals surface area contributed by atoms with E-state index in [2.05, 4.69) is 5.10 Å². The third kappa shape index (κ3) is 2.63. The molecule has 0 bridgehead atoms. The Morgan fingerprint density at radius 1 is 0.895 bits per heavy atom. The van der Waals surface area contributed by atoms with Crippen LogP contribution in [0.25, 0.3) is 5.69 Å². The largest absolute Gasteiger partial charge is 0.454 e. The lowest BCUT2D eigenvalue weighted by Gasteiger charge is -2.02. The van der Waals surface area contributed by atoms with Gasteiger partial charge in [0.05, 0.1) is 18.1 Å². The van der Waals surface area contributed by atoms with Gasteiger partial charge in [0, 0.05) is 0 Å². The number of nitrogens with zero attached hydrogens (tertiary/aromatic N) is 2. The van der Waals surface area contributed by atoms with Gasteiger partial charge in [-0.05, 0) is 36.4 Å². The number of hydrogen-bond donors (Lipinski definition) is 0. The first-order valence-electron chi connectivity index (χ1n) is 5.85. The fourth-order valence-corrected chi connectivity index (χ4v) is 1.72. The van der Waals surface area contributed by atoms with Crippen molar-refractivity contribution in [2.45, 2.75) is 0 Å². The molecule has 0 aliphatic carbocycles. The van der Waals surface area contributed by atoms with Crippen molar-refractivity contribution in [3.05, 3.63) is 72.8 Å². The van der Waals surface area contributed by atoms with Gasteiger partial charge in [-0.3, -0.25) is 0 Å². The molecule has 2 aromatic carbocycles. The summed E-state index contributed by atoms with van der Waals surface area (Å²) in [7, 11) is 0. The molecule has 1 heterocycles. The summed E-state index contributed by atoms with van der Waals surface area (Å²) < 4.78 is 20.1. The molecule has 3 rings (SSSR count). The van der Waals surface area contributed by atoms with E-state index >= 15 is 0 Å². The van der Waals surface area contributed by atoms with Crippen molar-refractivity contribution in [3.8, 4) is 17.2 Å². The summed E-state index contributed by atoms with van der Waals surface area (Å²) in [5.74, 6) is 1.12. The van der Waals surface area contributed by atoms with Crippen LogP contribution in [0, 0.1) is 5.82 Å². The quantitative estimate of drug-likeness (QED) is 0.710. The summed E-state index contributed by atoms with van der Waals surface area (Å²) >= 11 is 0. The molecule has 3 aromatic rings. The summed E-state index contributed by atoms with van der Waals surface area (Å²) in [5, 5.41) is 4.18. The maximum absolute atomic E-state index is 12.8. The number of benzene rings is 2. The second-order valence-electron chi connectivity index (χ2n) is 4.01. The smallest absolute Gasteiger partial charge is 0.165 e. The van der Waals surface area contributed by atoms with Gasteiger partial charge in [-0.2, -0.15) is 5.10 Å². The molecule has 0 radical (unpaired) electrons. The van der Waals surface area contributed by atoms with E-state index in [1.165, 1.54) is 12.1 Å². The van der Waals surface area contributed by atoms with Gasteiger partial charge in [-0.1, -0.05) is 18.2 Å². The molecule has 19 heavy (non-hydrogen) atoms. The summed E-state index contributed by atoms with van der Waals surface area (Å²) in [4.78, 5) is 0. The first kappa shape index (κ1) is 11.5. The van der Waals surface area contributed by atoms with Crippen LogP contribution in [0.3, 0.4) is 0 Å². The van der Waals surface area contributed by atoms with Crippen LogP contribution < -0.4 is 4.74 Å². The molecule has 4 heteroatoms. The van der Waals surface area contributed by atoms with Gasteiger partial charge in [-0.25, -0.2) is 9.07 Å². The van der Waals surface area contributed by atoms with Crippen molar-refractivity contribution in [1.82, 2.24) is 9.78 Å². The molecule has 0 N–H and O–H groups in total. The lowest BCUT2D eigenvalue weighted by molar-refractivity contribution is 0.482. The van der Waals surface area contributed by atoms with Crippen LogP contribution in [0.2, 0.25) is 0 Å². The Morgan fingerprint density at radius 3 is 2.37 bits per heavy atom. The molecule has 0 fully saturated rings. The molecule has 3 nitrogen and oxygen atoms in total. The van der Waals surface area contributed by atoms with Crippen LogP contribution in [-0.4, -0.2) is 9.78 Å². The number of halogens is 1. The van der Waals surface area contributed by atoms with Crippen LogP contribution in [0.15, 0.2) is 67.0 Å². The average Bonchev–Trinajstić information content (AvgIpc) is 2.89. The van der Waals surface area contributed by atoms with Crippen LogP contribution in [0.1, 0.15) is 0 Å². The van der Waals surface area contributed by atoms with Crippen molar-refractivity contribution in [2.75, 3.05) is 0 Å². The number of aromatic nitrogens is 2. The van der Waals surface area contributed by atoms with Crippen molar-refractivity contribution in [3.63, 3.8) is 0 Å². The van der Waals surface area contributed by atoms with Crippen molar-refractivity contribution in [2.24, 2.45) is 0 Å². The Hall–Kier alpha value is -2.62. The van der Waals surface area contributed by atoms with Crippen molar-refractivity contribution < 1.29 is 9.13 Å². The van der Waals surface area contributed by atoms with E-state index in [1.54, 1.807) is 29.2 Å². The Kier molecular flexibility index (Phi) is 2.98. The number of hydrogen-bond acceptors (Lipinski definition) is 2. The topological polar surface area (TPSA) is 27.1 Å². The second-order valence-corrected chi connectivity index (χ2v) is 4.01. The van der Waals surface area contributed by atoms with Gasteiger partial charge >= 0.3 is 0 Å². The minimum atomic E-state index is -0.267. The van der Waals surface area contributed by atoms with Crippen LogP contribution in [0.5, 0.6) is 11.5 Å². The molecule has 0 saturated heterocycles. The van der Waals surface area contributed by atoms with E-state index in [9.17, 15) is 4.39 Å². The first-order chi connectivity index (χ1) is 9.31. The van der Waals surface area contributed by atoms with Gasteiger partial charge in [0.2, 0.25) is 0 Å². The highest BCUT2D eigenvalue weighted by Crippen LogP contribution is 2.21. The van der Waals surface area contributed by atoms with E-state index in [-0.39, 0.29) is 5.82 Å². The van der Waals surface area contributed by atoms with E-state index in [4.69, 9.17) is 4.74 Å². The zero-order chi connectivity index (χ0) is 13.1. The Labute approximate surface area is 109 Å². The fourth-order valence-electron chi connectivity index (χ4n) is 1.72. The molecule has 0 amide bonds. The summed E-state index contributed by atoms with van der Waals surface area (Å²) in [6.45, 7) is 0. The summed E-state index contributed by atoms with van der Waals surface area (Å²) in [6, 6.07) is 15.6. The van der Waals surface area contributed by atoms with Gasteiger partial charge in [0.25, 0.3) is 0 Å². The summed E-state index contributed by atoms with van der Waals surface area (Å²) in [6.07, 6.45) is 3.37. The van der Waals surface area contributed by atoms with E-state index in [0.717, 1.165) is 11.4 Å². The van der Waals surface area contributed by atoms with E-state index in [0.29, 0.717) is 5.75 Å². The van der Waals surface area contributed by atoms with Gasteiger partial charge in [-0.15, -0.1) is 0 Å². The molecule has 0 spiro atoms. The highest BCUT2D eigenvalue weighted by Gasteiger charge is 2.03. The minimum absolute atomic E-state index is 0.267. The lowest BCUT2D eigenvalue weighted by Crippen LogP contribution is -1.93. The molecule has 0 saturated carbocycles. The molecule has 0 aliphatic heterocycles. The third-order valence-electron chi connectivity index (χ3n) is 2.63. The van der Waals surface area contributed by atoms with Crippen molar-refractivity contribution >= 4 is 0 Å². The predicted octanol–water partition coefficient (Wildman–Crippen LogP) is 3.80. The number of para-hydroxylation sites is 1. The molecule has 0 unspecified atom stereocenters. The number of ether oxygens (including phenoxy) is 1. The van der Waals surface area contributed by atoms with Gasteiger partial charge in [0.15, 0.2) is 5.75 Å². The van der Waals surface area contributed by atoms with Gasteiger partial charge in [0.1, 0.15) is 11.6 Å². The monoisotopic (exact) mass is 254 g/mol. The van der Waals surface area contributed by atoms with Gasteiger partial charge < -0.3 is 4.74 Å². The van der Waals surface area contributed by atoms with E-state index < -0.39 is 0 Å².